The van der Waals surface area contributed by atoms with Gasteiger partial charge in [-0.1, -0.05) is 77.9 Å². The molecular weight excluding hydrogens is 320 g/mol. The van der Waals surface area contributed by atoms with Gasteiger partial charge in [-0.25, -0.2) is 4.79 Å². The zero-order valence-corrected chi connectivity index (χ0v) is 15.7. The number of carbonyl (C=O) groups is 1. The van der Waals surface area contributed by atoms with Gasteiger partial charge in [0.1, 0.15) is 0 Å². The molecule has 3 aromatic rings. The van der Waals surface area contributed by atoms with Crippen LogP contribution >= 0.6 is 0 Å². The van der Waals surface area contributed by atoms with Gasteiger partial charge in [-0.15, -0.1) is 0 Å². The summed E-state index contributed by atoms with van der Waals surface area (Å²) in [6.45, 7) is 7.86. The maximum atomic E-state index is 13.0. The van der Waals surface area contributed by atoms with E-state index in [1.54, 1.807) is 0 Å². The Hall–Kier alpha value is -2.87. The number of hydrogen-bond donors (Lipinski definition) is 0. The lowest BCUT2D eigenvalue weighted by molar-refractivity contribution is 0.0380. The molecule has 26 heavy (non-hydrogen) atoms. The molecule has 0 bridgehead atoms. The first-order valence-electron chi connectivity index (χ1n) is 8.94. The molecule has 3 rings (SSSR count). The average Bonchev–Trinajstić information content (AvgIpc) is 2.62. The average molecular weight is 344 g/mol. The van der Waals surface area contributed by atoms with Gasteiger partial charge in [0.05, 0.1) is 11.7 Å². The molecule has 0 amide bonds. The van der Waals surface area contributed by atoms with Gasteiger partial charge < -0.3 is 4.74 Å². The van der Waals surface area contributed by atoms with Crippen molar-refractivity contribution in [2.45, 2.75) is 33.8 Å². The molecule has 0 aromatic heterocycles. The van der Waals surface area contributed by atoms with E-state index < -0.39 is 0 Å². The minimum atomic E-state index is -0.285. The lowest BCUT2D eigenvalue weighted by Gasteiger charge is -2.16. The van der Waals surface area contributed by atoms with Crippen molar-refractivity contribution in [3.63, 3.8) is 0 Å². The second kappa shape index (κ2) is 7.57. The van der Waals surface area contributed by atoms with E-state index in [1.165, 1.54) is 11.1 Å². The van der Waals surface area contributed by atoms with Crippen LogP contribution in [-0.4, -0.2) is 12.1 Å². The van der Waals surface area contributed by atoms with Gasteiger partial charge in [0, 0.05) is 0 Å². The van der Waals surface area contributed by atoms with Gasteiger partial charge in [0.25, 0.3) is 0 Å². The molecule has 3 aromatic carbocycles. The Morgan fingerprint density at radius 3 is 1.54 bits per heavy atom. The second-order valence-corrected chi connectivity index (χ2v) is 6.91. The third-order valence-corrected chi connectivity index (χ3v) is 4.34. The van der Waals surface area contributed by atoms with E-state index in [4.69, 9.17) is 4.74 Å². The van der Waals surface area contributed by atoms with Crippen LogP contribution in [0.15, 0.2) is 66.7 Å². The number of hydrogen-bond acceptors (Lipinski definition) is 2. The smallest absolute Gasteiger partial charge is 0.339 e. The summed E-state index contributed by atoms with van der Waals surface area (Å²) >= 11 is 0. The highest BCUT2D eigenvalue weighted by molar-refractivity contribution is 6.04. The van der Waals surface area contributed by atoms with Crippen molar-refractivity contribution in [2.75, 3.05) is 0 Å². The highest BCUT2D eigenvalue weighted by atomic mass is 16.5. The number of esters is 1. The van der Waals surface area contributed by atoms with E-state index in [9.17, 15) is 4.79 Å². The molecular formula is C24H24O2. The minimum absolute atomic E-state index is 0.167. The predicted molar refractivity (Wildman–Crippen MR) is 107 cm³/mol. The summed E-state index contributed by atoms with van der Waals surface area (Å²) in [4.78, 5) is 13.0. The Labute approximate surface area is 155 Å². The topological polar surface area (TPSA) is 26.3 Å². The molecule has 0 aliphatic rings. The number of benzene rings is 3. The van der Waals surface area contributed by atoms with E-state index in [0.717, 1.165) is 22.3 Å². The lowest BCUT2D eigenvalue weighted by atomic mass is 9.91. The van der Waals surface area contributed by atoms with Crippen molar-refractivity contribution in [3.8, 4) is 22.3 Å². The number of rotatable bonds is 4. The Morgan fingerprint density at radius 1 is 0.731 bits per heavy atom. The SMILES string of the molecule is Cc1ccc(-c2cccc(-c3ccc(C)cc3)c2C(=O)OC(C)C)cc1. The Morgan fingerprint density at radius 2 is 1.15 bits per heavy atom. The van der Waals surface area contributed by atoms with Crippen molar-refractivity contribution in [1.29, 1.82) is 0 Å². The zero-order chi connectivity index (χ0) is 18.7. The molecule has 2 heteroatoms. The molecule has 0 atom stereocenters. The molecule has 0 fully saturated rings. The molecule has 2 nitrogen and oxygen atoms in total. The summed E-state index contributed by atoms with van der Waals surface area (Å²) in [7, 11) is 0. The zero-order valence-electron chi connectivity index (χ0n) is 15.7. The van der Waals surface area contributed by atoms with E-state index in [-0.39, 0.29) is 12.1 Å². The maximum Gasteiger partial charge on any atom is 0.339 e. The Balaban J connectivity index is 2.21. The van der Waals surface area contributed by atoms with E-state index >= 15 is 0 Å². The standard InChI is InChI=1S/C24H24O2/c1-16(2)26-24(25)23-21(19-12-8-17(3)9-13-19)6-5-7-22(23)20-14-10-18(4)11-15-20/h5-16H,1-4H3. The quantitative estimate of drug-likeness (QED) is 0.526. The van der Waals surface area contributed by atoms with Crippen molar-refractivity contribution in [3.05, 3.63) is 83.4 Å². The summed E-state index contributed by atoms with van der Waals surface area (Å²) < 4.78 is 5.57. The molecule has 0 heterocycles. The molecule has 0 spiro atoms. The first kappa shape index (κ1) is 17.9. The fraction of sp³-hybridized carbons (Fsp3) is 0.208. The number of ether oxygens (including phenoxy) is 1. The van der Waals surface area contributed by atoms with Crippen molar-refractivity contribution in [2.24, 2.45) is 0 Å². The first-order chi connectivity index (χ1) is 12.5. The monoisotopic (exact) mass is 344 g/mol. The molecule has 0 aliphatic heterocycles. The van der Waals surface area contributed by atoms with Gasteiger partial charge in [0.2, 0.25) is 0 Å². The van der Waals surface area contributed by atoms with Crippen LogP contribution in [0.5, 0.6) is 0 Å². The van der Waals surface area contributed by atoms with Gasteiger partial charge in [-0.3, -0.25) is 0 Å². The minimum Gasteiger partial charge on any atom is -0.459 e. The number of carbonyl (C=O) groups excluding carboxylic acids is 1. The van der Waals surface area contributed by atoms with Crippen LogP contribution in [0.25, 0.3) is 22.3 Å². The largest absolute Gasteiger partial charge is 0.459 e. The summed E-state index contributed by atoms with van der Waals surface area (Å²) in [5.41, 5.74) is 6.82. The molecule has 132 valence electrons. The van der Waals surface area contributed by atoms with Gasteiger partial charge in [0.15, 0.2) is 0 Å². The van der Waals surface area contributed by atoms with Crippen LogP contribution in [0.4, 0.5) is 0 Å². The third-order valence-electron chi connectivity index (χ3n) is 4.34. The van der Waals surface area contributed by atoms with Crippen molar-refractivity contribution in [1.82, 2.24) is 0 Å². The van der Waals surface area contributed by atoms with Crippen molar-refractivity contribution >= 4 is 5.97 Å². The highest BCUT2D eigenvalue weighted by Gasteiger charge is 2.20. The van der Waals surface area contributed by atoms with Crippen LogP contribution in [0.2, 0.25) is 0 Å². The summed E-state index contributed by atoms with van der Waals surface area (Å²) in [5, 5.41) is 0. The Bertz CT molecular complexity index is 840. The molecule has 0 saturated heterocycles. The molecule has 0 radical (unpaired) electrons. The lowest BCUT2D eigenvalue weighted by Crippen LogP contribution is -2.14. The van der Waals surface area contributed by atoms with Gasteiger partial charge in [-0.05, 0) is 49.9 Å². The fourth-order valence-corrected chi connectivity index (χ4v) is 2.99. The van der Waals surface area contributed by atoms with Crippen LogP contribution in [0, 0.1) is 13.8 Å². The van der Waals surface area contributed by atoms with Gasteiger partial charge >= 0.3 is 5.97 Å². The summed E-state index contributed by atoms with van der Waals surface area (Å²) in [6, 6.07) is 22.4. The third kappa shape index (κ3) is 3.85. The fourth-order valence-electron chi connectivity index (χ4n) is 2.99. The number of aryl methyl sites for hydroxylation is 2. The second-order valence-electron chi connectivity index (χ2n) is 6.91. The van der Waals surface area contributed by atoms with Gasteiger partial charge in [-0.2, -0.15) is 0 Å². The Kier molecular flexibility index (Phi) is 5.22. The molecule has 0 saturated carbocycles. The van der Waals surface area contributed by atoms with Crippen LogP contribution in [0.1, 0.15) is 35.3 Å². The normalized spacial score (nSPS) is 10.8. The molecule has 0 N–H and O–H groups in total. The molecule has 0 aliphatic carbocycles. The first-order valence-corrected chi connectivity index (χ1v) is 8.94. The van der Waals surface area contributed by atoms with Crippen LogP contribution in [0.3, 0.4) is 0 Å². The predicted octanol–water partition coefficient (Wildman–Crippen LogP) is 6.20. The van der Waals surface area contributed by atoms with Crippen LogP contribution < -0.4 is 0 Å². The maximum absolute atomic E-state index is 13.0. The summed E-state index contributed by atoms with van der Waals surface area (Å²) in [6.07, 6.45) is -0.167. The van der Waals surface area contributed by atoms with Crippen molar-refractivity contribution < 1.29 is 9.53 Å². The van der Waals surface area contributed by atoms with E-state index in [0.29, 0.717) is 5.56 Å². The van der Waals surface area contributed by atoms with E-state index in [1.807, 2.05) is 32.0 Å². The summed E-state index contributed by atoms with van der Waals surface area (Å²) in [5.74, 6) is -0.285. The highest BCUT2D eigenvalue weighted by Crippen LogP contribution is 2.33. The van der Waals surface area contributed by atoms with E-state index in [2.05, 4.69) is 62.4 Å². The molecule has 0 unspecified atom stereocenters. The van der Waals surface area contributed by atoms with Crippen LogP contribution in [-0.2, 0) is 4.74 Å².